The van der Waals surface area contributed by atoms with Crippen LogP contribution in [0.4, 0.5) is 10.5 Å². The third-order valence-electron chi connectivity index (χ3n) is 8.32. The third-order valence-corrected chi connectivity index (χ3v) is 8.32. The van der Waals surface area contributed by atoms with Gasteiger partial charge in [-0.25, -0.2) is 9.69 Å². The van der Waals surface area contributed by atoms with Crippen molar-refractivity contribution >= 4 is 29.4 Å². The van der Waals surface area contributed by atoms with Crippen molar-refractivity contribution in [3.8, 4) is 0 Å². The molecule has 38 heavy (non-hydrogen) atoms. The molecule has 3 fully saturated rings. The predicted octanol–water partition coefficient (Wildman–Crippen LogP) is 4.43. The van der Waals surface area contributed by atoms with Gasteiger partial charge < -0.3 is 4.90 Å². The van der Waals surface area contributed by atoms with Gasteiger partial charge in [-0.2, -0.15) is 0 Å². The maximum absolute atomic E-state index is 14.6. The van der Waals surface area contributed by atoms with E-state index in [9.17, 15) is 19.2 Å². The fourth-order valence-corrected chi connectivity index (χ4v) is 6.57. The summed E-state index contributed by atoms with van der Waals surface area (Å²) < 4.78 is 0. The molecule has 7 nitrogen and oxygen atoms in total. The monoisotopic (exact) mass is 507 g/mol. The summed E-state index contributed by atoms with van der Waals surface area (Å²) in [4.78, 5) is 60.6. The largest absolute Gasteiger partial charge is 0.332 e. The fraction of sp³-hybridized carbons (Fsp3) is 0.290. The number of hydrogen-bond acceptors (Lipinski definition) is 4. The van der Waals surface area contributed by atoms with E-state index in [4.69, 9.17) is 0 Å². The van der Waals surface area contributed by atoms with Crippen LogP contribution >= 0.6 is 0 Å². The van der Waals surface area contributed by atoms with Crippen molar-refractivity contribution in [2.75, 3.05) is 11.4 Å². The molecular weight excluding hydrogens is 478 g/mol. The van der Waals surface area contributed by atoms with Gasteiger partial charge >= 0.3 is 6.03 Å². The van der Waals surface area contributed by atoms with Crippen LogP contribution in [0.25, 0.3) is 0 Å². The van der Waals surface area contributed by atoms with Gasteiger partial charge in [0.1, 0.15) is 5.54 Å². The molecule has 0 N–H and O–H groups in total. The van der Waals surface area contributed by atoms with Crippen LogP contribution in [0.2, 0.25) is 0 Å². The molecule has 0 unspecified atom stereocenters. The highest BCUT2D eigenvalue weighted by Crippen LogP contribution is 2.59. The summed E-state index contributed by atoms with van der Waals surface area (Å²) in [6.45, 7) is 5.89. The highest BCUT2D eigenvalue weighted by Gasteiger charge is 2.77. The number of aryl methyl sites for hydroxylation is 2. The number of carbonyl (C=O) groups is 4. The maximum atomic E-state index is 14.6. The Labute approximate surface area is 221 Å². The number of urea groups is 1. The number of amides is 5. The molecule has 3 aromatic rings. The van der Waals surface area contributed by atoms with Crippen molar-refractivity contribution in [3.63, 3.8) is 0 Å². The van der Waals surface area contributed by atoms with E-state index in [-0.39, 0.29) is 24.8 Å². The van der Waals surface area contributed by atoms with Crippen LogP contribution in [0.3, 0.4) is 0 Å². The smallest absolute Gasteiger partial charge is 0.300 e. The Morgan fingerprint density at radius 2 is 1.37 bits per heavy atom. The van der Waals surface area contributed by atoms with Crippen LogP contribution in [0.5, 0.6) is 0 Å². The number of rotatable bonds is 5. The normalized spacial score (nSPS) is 26.4. The van der Waals surface area contributed by atoms with Gasteiger partial charge in [-0.1, -0.05) is 77.9 Å². The van der Waals surface area contributed by atoms with Gasteiger partial charge in [-0.15, -0.1) is 0 Å². The van der Waals surface area contributed by atoms with E-state index < -0.39 is 35.4 Å². The third kappa shape index (κ3) is 3.20. The molecule has 0 bridgehead atoms. The number of imide groups is 2. The maximum Gasteiger partial charge on any atom is 0.332 e. The van der Waals surface area contributed by atoms with Crippen LogP contribution in [0.15, 0.2) is 78.9 Å². The first-order chi connectivity index (χ1) is 18.3. The summed E-state index contributed by atoms with van der Waals surface area (Å²) in [7, 11) is 0. The van der Waals surface area contributed by atoms with Crippen LogP contribution in [0.1, 0.15) is 35.2 Å². The molecule has 0 spiro atoms. The molecule has 0 radical (unpaired) electrons. The van der Waals surface area contributed by atoms with Crippen molar-refractivity contribution in [3.05, 3.63) is 101 Å². The van der Waals surface area contributed by atoms with Crippen molar-refractivity contribution in [1.82, 2.24) is 9.80 Å². The molecule has 5 amide bonds. The number of anilines is 1. The van der Waals surface area contributed by atoms with Crippen molar-refractivity contribution in [1.29, 1.82) is 0 Å². The molecule has 3 saturated heterocycles. The van der Waals surface area contributed by atoms with E-state index >= 15 is 0 Å². The quantitative estimate of drug-likeness (QED) is 0.378. The minimum atomic E-state index is -1.53. The summed E-state index contributed by atoms with van der Waals surface area (Å²) in [6, 6.07) is 23.0. The van der Waals surface area contributed by atoms with E-state index in [1.54, 1.807) is 24.0 Å². The number of hydrogen-bond donors (Lipinski definition) is 0. The van der Waals surface area contributed by atoms with E-state index in [1.165, 1.54) is 9.80 Å². The molecule has 0 saturated carbocycles. The Balaban J connectivity index is 1.61. The second-order valence-electron chi connectivity index (χ2n) is 10.5. The Kier molecular flexibility index (Phi) is 5.49. The van der Waals surface area contributed by atoms with Crippen LogP contribution in [-0.2, 0) is 20.8 Å². The fourth-order valence-electron chi connectivity index (χ4n) is 6.57. The highest BCUT2D eigenvalue weighted by molar-refractivity contribution is 6.27. The predicted molar refractivity (Wildman–Crippen MR) is 142 cm³/mol. The molecule has 0 aromatic heterocycles. The van der Waals surface area contributed by atoms with Crippen molar-refractivity contribution in [2.45, 2.75) is 38.8 Å². The van der Waals surface area contributed by atoms with E-state index in [1.807, 2.05) is 80.6 Å². The first-order valence-electron chi connectivity index (χ1n) is 13.0. The zero-order chi connectivity index (χ0) is 26.8. The SMILES string of the molecule is CCN1C(=O)[C@H]2[C@@H](c3ccc(C)cc3)N3C(=O)N(c4ccc(C)cc4)C(=O)[C@@]3(Cc3ccccc3)[C@H]2C1=O. The average Bonchev–Trinajstić information content (AvgIpc) is 3.43. The van der Waals surface area contributed by atoms with E-state index in [2.05, 4.69) is 0 Å². The van der Waals surface area contributed by atoms with Crippen molar-refractivity contribution in [2.24, 2.45) is 11.8 Å². The number of benzene rings is 3. The Bertz CT molecular complexity index is 1450. The standard InChI is InChI=1S/C31H29N3O4/c1-4-32-27(35)24-25(28(32)36)31(18-21-8-6-5-7-9-21)29(37)33(23-16-12-20(3)13-17-23)30(38)34(31)26(24)22-14-10-19(2)11-15-22/h5-17,24-26H,4,18H2,1-3H3/t24-,25-,26-,31-/m1/s1. The van der Waals surface area contributed by atoms with Crippen LogP contribution in [0, 0.1) is 25.7 Å². The molecule has 3 aliphatic rings. The van der Waals surface area contributed by atoms with Crippen molar-refractivity contribution < 1.29 is 19.2 Å². The van der Waals surface area contributed by atoms with Crippen LogP contribution in [-0.4, -0.2) is 45.6 Å². The zero-order valence-electron chi connectivity index (χ0n) is 21.6. The zero-order valence-corrected chi connectivity index (χ0v) is 21.6. The molecule has 4 atom stereocenters. The second-order valence-corrected chi connectivity index (χ2v) is 10.5. The lowest BCUT2D eigenvalue weighted by Gasteiger charge is -2.35. The first kappa shape index (κ1) is 24.1. The lowest BCUT2D eigenvalue weighted by molar-refractivity contribution is -0.144. The summed E-state index contributed by atoms with van der Waals surface area (Å²) in [5, 5.41) is 0. The molecule has 3 aromatic carbocycles. The average molecular weight is 508 g/mol. The Hall–Kier alpha value is -4.26. The van der Waals surface area contributed by atoms with Gasteiger partial charge in [0, 0.05) is 13.0 Å². The number of nitrogens with zero attached hydrogens (tertiary/aromatic N) is 3. The molecule has 192 valence electrons. The lowest BCUT2D eigenvalue weighted by Crippen LogP contribution is -2.55. The van der Waals surface area contributed by atoms with Gasteiger partial charge in [0.2, 0.25) is 11.8 Å². The molecule has 7 heteroatoms. The summed E-state index contributed by atoms with van der Waals surface area (Å²) >= 11 is 0. The summed E-state index contributed by atoms with van der Waals surface area (Å²) in [5.74, 6) is -2.98. The molecule has 3 aliphatic heterocycles. The Morgan fingerprint density at radius 3 is 1.97 bits per heavy atom. The van der Waals surface area contributed by atoms with E-state index in [0.717, 1.165) is 22.3 Å². The van der Waals surface area contributed by atoms with E-state index in [0.29, 0.717) is 5.69 Å². The number of fused-ring (bicyclic) bond motifs is 3. The molecule has 0 aliphatic carbocycles. The van der Waals surface area contributed by atoms with Crippen LogP contribution < -0.4 is 4.90 Å². The van der Waals surface area contributed by atoms with Gasteiger partial charge in [0.05, 0.1) is 23.6 Å². The lowest BCUT2D eigenvalue weighted by atomic mass is 9.75. The van der Waals surface area contributed by atoms with Gasteiger partial charge in [0.25, 0.3) is 5.91 Å². The van der Waals surface area contributed by atoms with Gasteiger partial charge in [0.15, 0.2) is 0 Å². The molecule has 3 heterocycles. The topological polar surface area (TPSA) is 78.0 Å². The second kappa shape index (κ2) is 8.65. The number of carbonyl (C=O) groups excluding carboxylic acids is 4. The summed E-state index contributed by atoms with van der Waals surface area (Å²) in [5.41, 5.74) is 2.53. The van der Waals surface area contributed by atoms with Gasteiger partial charge in [-0.05, 0) is 44.0 Å². The van der Waals surface area contributed by atoms with Gasteiger partial charge in [-0.3, -0.25) is 19.3 Å². The minimum Gasteiger partial charge on any atom is -0.300 e. The summed E-state index contributed by atoms with van der Waals surface area (Å²) in [6.07, 6.45) is 0.140. The highest BCUT2D eigenvalue weighted by atomic mass is 16.2. The number of likely N-dealkylation sites (tertiary alicyclic amines) is 1. The first-order valence-corrected chi connectivity index (χ1v) is 13.0. The molecule has 6 rings (SSSR count). The molecular formula is C31H29N3O4. The minimum absolute atomic E-state index is 0.140. The Morgan fingerprint density at radius 1 is 0.763 bits per heavy atom.